The molecule has 1 heterocycles. The molecular weight excluding hydrogens is 187 g/mol. The Morgan fingerprint density at radius 3 is 2.92 bits per heavy atom. The standard InChI is InChI=1S/C10H7FOS/c1-6-2-3-9-10(7(6)4-12)8(11)5-13-9/h2-5H,1H3. The third-order valence-electron chi connectivity index (χ3n) is 2.07. The van der Waals surface area contributed by atoms with Crippen LogP contribution in [0.2, 0.25) is 0 Å². The molecule has 66 valence electrons. The molecule has 0 spiro atoms. The molecule has 1 aromatic carbocycles. The van der Waals surface area contributed by atoms with Gasteiger partial charge in [0.2, 0.25) is 0 Å². The fraction of sp³-hybridized carbons (Fsp3) is 0.100. The maximum atomic E-state index is 13.2. The third-order valence-corrected chi connectivity index (χ3v) is 2.99. The Balaban J connectivity index is 2.96. The second-order valence-electron chi connectivity index (χ2n) is 2.87. The van der Waals surface area contributed by atoms with Crippen LogP contribution < -0.4 is 0 Å². The number of halogens is 1. The SMILES string of the molecule is Cc1ccc2scc(F)c2c1C=O. The highest BCUT2D eigenvalue weighted by molar-refractivity contribution is 7.17. The summed E-state index contributed by atoms with van der Waals surface area (Å²) in [6.45, 7) is 1.81. The monoisotopic (exact) mass is 194 g/mol. The van der Waals surface area contributed by atoms with Crippen molar-refractivity contribution in [2.45, 2.75) is 6.92 Å². The molecule has 1 nitrogen and oxygen atoms in total. The summed E-state index contributed by atoms with van der Waals surface area (Å²) in [6, 6.07) is 3.67. The van der Waals surface area contributed by atoms with Crippen molar-refractivity contribution in [2.24, 2.45) is 0 Å². The molecule has 2 rings (SSSR count). The molecule has 0 aliphatic carbocycles. The van der Waals surface area contributed by atoms with Crippen molar-refractivity contribution in [2.75, 3.05) is 0 Å². The Labute approximate surface area is 78.8 Å². The molecule has 0 bridgehead atoms. The van der Waals surface area contributed by atoms with E-state index in [2.05, 4.69) is 0 Å². The molecule has 0 saturated heterocycles. The highest BCUT2D eigenvalue weighted by Gasteiger charge is 2.09. The van der Waals surface area contributed by atoms with Crippen LogP contribution in [0.5, 0.6) is 0 Å². The molecule has 0 fully saturated rings. The molecule has 0 unspecified atom stereocenters. The minimum Gasteiger partial charge on any atom is -0.298 e. The van der Waals surface area contributed by atoms with Gasteiger partial charge in [0.05, 0.1) is 0 Å². The van der Waals surface area contributed by atoms with Gasteiger partial charge in [0, 0.05) is 21.0 Å². The van der Waals surface area contributed by atoms with Gasteiger partial charge in [-0.1, -0.05) is 6.07 Å². The summed E-state index contributed by atoms with van der Waals surface area (Å²) in [5.41, 5.74) is 1.29. The van der Waals surface area contributed by atoms with Gasteiger partial charge < -0.3 is 0 Å². The van der Waals surface area contributed by atoms with Crippen LogP contribution in [-0.4, -0.2) is 6.29 Å². The Bertz CT molecular complexity index is 473. The Morgan fingerprint density at radius 2 is 2.23 bits per heavy atom. The minimum absolute atomic E-state index is 0.300. The van der Waals surface area contributed by atoms with Gasteiger partial charge in [-0.15, -0.1) is 11.3 Å². The lowest BCUT2D eigenvalue weighted by Gasteiger charge is -1.99. The highest BCUT2D eigenvalue weighted by atomic mass is 32.1. The molecule has 0 aliphatic heterocycles. The molecule has 13 heavy (non-hydrogen) atoms. The first-order valence-corrected chi connectivity index (χ1v) is 4.73. The number of aldehydes is 1. The molecule has 0 aliphatic rings. The van der Waals surface area contributed by atoms with Crippen molar-refractivity contribution in [1.29, 1.82) is 0 Å². The van der Waals surface area contributed by atoms with Crippen molar-refractivity contribution in [3.8, 4) is 0 Å². The molecular formula is C10H7FOS. The molecule has 0 atom stereocenters. The first-order valence-electron chi connectivity index (χ1n) is 3.85. The largest absolute Gasteiger partial charge is 0.298 e. The van der Waals surface area contributed by atoms with Crippen molar-refractivity contribution < 1.29 is 9.18 Å². The fourth-order valence-electron chi connectivity index (χ4n) is 1.37. The van der Waals surface area contributed by atoms with E-state index in [1.54, 1.807) is 6.92 Å². The first kappa shape index (κ1) is 8.38. The van der Waals surface area contributed by atoms with Crippen molar-refractivity contribution in [3.63, 3.8) is 0 Å². The Morgan fingerprint density at radius 1 is 1.46 bits per heavy atom. The zero-order valence-electron chi connectivity index (χ0n) is 7.00. The number of rotatable bonds is 1. The molecule has 2 aromatic rings. The predicted octanol–water partition coefficient (Wildman–Crippen LogP) is 3.16. The average Bonchev–Trinajstić information content (AvgIpc) is 2.49. The Hall–Kier alpha value is -1.22. The molecule has 0 amide bonds. The number of hydrogen-bond donors (Lipinski definition) is 0. The smallest absolute Gasteiger partial charge is 0.151 e. The highest BCUT2D eigenvalue weighted by Crippen LogP contribution is 2.28. The van der Waals surface area contributed by atoms with Gasteiger partial charge in [-0.25, -0.2) is 4.39 Å². The van der Waals surface area contributed by atoms with E-state index in [1.165, 1.54) is 16.7 Å². The molecule has 0 saturated carbocycles. The second-order valence-corrected chi connectivity index (χ2v) is 3.78. The maximum absolute atomic E-state index is 13.2. The van der Waals surface area contributed by atoms with Crippen LogP contribution in [0.3, 0.4) is 0 Å². The summed E-state index contributed by atoms with van der Waals surface area (Å²) in [6.07, 6.45) is 0.716. The molecule has 1 aromatic heterocycles. The van der Waals surface area contributed by atoms with Gasteiger partial charge in [0.25, 0.3) is 0 Å². The minimum atomic E-state index is -0.300. The summed E-state index contributed by atoms with van der Waals surface area (Å²) in [4.78, 5) is 10.7. The number of carbonyl (C=O) groups excluding carboxylic acids is 1. The maximum Gasteiger partial charge on any atom is 0.151 e. The number of aryl methyl sites for hydroxylation is 1. The quantitative estimate of drug-likeness (QED) is 0.637. The van der Waals surface area contributed by atoms with Crippen LogP contribution in [0.25, 0.3) is 10.1 Å². The zero-order chi connectivity index (χ0) is 9.42. The van der Waals surface area contributed by atoms with E-state index in [0.717, 1.165) is 10.3 Å². The van der Waals surface area contributed by atoms with Gasteiger partial charge in [0.1, 0.15) is 5.82 Å². The predicted molar refractivity (Wildman–Crippen MR) is 51.9 cm³/mol. The number of carbonyl (C=O) groups is 1. The Kier molecular flexibility index (Phi) is 1.88. The van der Waals surface area contributed by atoms with Gasteiger partial charge in [0.15, 0.2) is 6.29 Å². The van der Waals surface area contributed by atoms with Crippen LogP contribution in [-0.2, 0) is 0 Å². The van der Waals surface area contributed by atoms with E-state index in [-0.39, 0.29) is 5.82 Å². The van der Waals surface area contributed by atoms with Crippen LogP contribution >= 0.6 is 11.3 Å². The lowest BCUT2D eigenvalue weighted by molar-refractivity contribution is 0.112. The number of hydrogen-bond acceptors (Lipinski definition) is 2. The van der Waals surface area contributed by atoms with Crippen LogP contribution in [0, 0.1) is 12.7 Å². The summed E-state index contributed by atoms with van der Waals surface area (Å²) in [5.74, 6) is -0.300. The van der Waals surface area contributed by atoms with Crippen molar-refractivity contribution >= 4 is 27.7 Å². The van der Waals surface area contributed by atoms with Gasteiger partial charge in [-0.2, -0.15) is 0 Å². The number of benzene rings is 1. The van der Waals surface area contributed by atoms with Crippen molar-refractivity contribution in [1.82, 2.24) is 0 Å². The average molecular weight is 194 g/mol. The van der Waals surface area contributed by atoms with Crippen LogP contribution in [0.1, 0.15) is 15.9 Å². The molecule has 0 N–H and O–H groups in total. The lowest BCUT2D eigenvalue weighted by atomic mass is 10.1. The second kappa shape index (κ2) is 2.92. The van der Waals surface area contributed by atoms with E-state index < -0.39 is 0 Å². The third kappa shape index (κ3) is 1.16. The van der Waals surface area contributed by atoms with Crippen LogP contribution in [0.15, 0.2) is 17.5 Å². The van der Waals surface area contributed by atoms with E-state index >= 15 is 0 Å². The van der Waals surface area contributed by atoms with Crippen molar-refractivity contribution in [3.05, 3.63) is 34.5 Å². The van der Waals surface area contributed by atoms with E-state index in [4.69, 9.17) is 0 Å². The molecule has 3 heteroatoms. The van der Waals surface area contributed by atoms with E-state index in [1.807, 2.05) is 12.1 Å². The topological polar surface area (TPSA) is 17.1 Å². The summed E-state index contributed by atoms with van der Waals surface area (Å²) >= 11 is 1.32. The first-order chi connectivity index (χ1) is 6.24. The fourth-order valence-corrected chi connectivity index (χ4v) is 2.19. The van der Waals surface area contributed by atoms with E-state index in [9.17, 15) is 9.18 Å². The van der Waals surface area contributed by atoms with E-state index in [0.29, 0.717) is 17.2 Å². The van der Waals surface area contributed by atoms with Gasteiger partial charge in [-0.05, 0) is 18.6 Å². The normalized spacial score (nSPS) is 10.6. The number of fused-ring (bicyclic) bond motifs is 1. The molecule has 0 radical (unpaired) electrons. The summed E-state index contributed by atoms with van der Waals surface area (Å²) < 4.78 is 14.0. The van der Waals surface area contributed by atoms with Gasteiger partial charge >= 0.3 is 0 Å². The summed E-state index contributed by atoms with van der Waals surface area (Å²) in [5, 5.41) is 1.89. The lowest BCUT2D eigenvalue weighted by Crippen LogP contribution is -1.87. The zero-order valence-corrected chi connectivity index (χ0v) is 7.82. The summed E-state index contributed by atoms with van der Waals surface area (Å²) in [7, 11) is 0. The van der Waals surface area contributed by atoms with Gasteiger partial charge in [-0.3, -0.25) is 4.79 Å². The van der Waals surface area contributed by atoms with Crippen LogP contribution in [0.4, 0.5) is 4.39 Å². The number of thiophene rings is 1.